The Morgan fingerprint density at radius 1 is 1.17 bits per heavy atom. The Balaban J connectivity index is 2.15. The minimum atomic E-state index is -1.81. The molecular weight excluding hydrogens is 557 g/mol. The van der Waals surface area contributed by atoms with Gasteiger partial charge >= 0.3 is 12.1 Å². The highest BCUT2D eigenvalue weighted by molar-refractivity contribution is 7.99. The number of benzene rings is 1. The zero-order valence-electron chi connectivity index (χ0n) is 19.9. The van der Waals surface area contributed by atoms with E-state index in [1.165, 1.54) is 18.7 Å². The van der Waals surface area contributed by atoms with Crippen molar-refractivity contribution in [2.45, 2.75) is 66.9 Å². The number of carbonyl (C=O) groups is 3. The second-order valence-corrected chi connectivity index (χ2v) is 11.9. The number of hydrogen-bond acceptors (Lipinski definition) is 9. The van der Waals surface area contributed by atoms with Crippen molar-refractivity contribution in [2.24, 2.45) is 0 Å². The van der Waals surface area contributed by atoms with Crippen molar-refractivity contribution in [3.05, 3.63) is 35.9 Å². The Morgan fingerprint density at radius 3 is 2.47 bits per heavy atom. The second kappa shape index (κ2) is 15.2. The molecule has 5 atom stereocenters. The fourth-order valence-corrected chi connectivity index (χ4v) is 4.49. The number of alkyl halides is 3. The number of thioether (sulfide) groups is 1. The first kappa shape index (κ1) is 31.0. The van der Waals surface area contributed by atoms with Gasteiger partial charge in [0, 0.05) is 6.42 Å². The third-order valence-corrected chi connectivity index (χ3v) is 6.39. The molecule has 0 spiro atoms. The van der Waals surface area contributed by atoms with Gasteiger partial charge in [0.15, 0.2) is 6.10 Å². The van der Waals surface area contributed by atoms with Crippen LogP contribution in [-0.2, 0) is 35.1 Å². The molecule has 202 valence electrons. The number of esters is 1. The SMILES string of the molecule is CCS[C@H]1O[C@H](COCc2ccccc2)[C@@H](OC(=O)CCC(C)=O)[C@H](O)[C@H]1NC(=O)OCC(Cl)(Cl)Cl. The number of alkyl carbamates (subject to hydrolysis) is 1. The molecule has 1 fully saturated rings. The van der Waals surface area contributed by atoms with Gasteiger partial charge in [0.2, 0.25) is 3.79 Å². The van der Waals surface area contributed by atoms with Gasteiger partial charge < -0.3 is 34.2 Å². The van der Waals surface area contributed by atoms with E-state index in [1.54, 1.807) is 0 Å². The van der Waals surface area contributed by atoms with Crippen LogP contribution in [0.5, 0.6) is 0 Å². The molecule has 2 rings (SSSR count). The summed E-state index contributed by atoms with van der Waals surface area (Å²) in [4.78, 5) is 36.0. The Labute approximate surface area is 229 Å². The highest BCUT2D eigenvalue weighted by Crippen LogP contribution is 2.31. The summed E-state index contributed by atoms with van der Waals surface area (Å²) in [5.41, 5.74) is 0.211. The van der Waals surface area contributed by atoms with E-state index in [-0.39, 0.29) is 31.8 Å². The zero-order valence-corrected chi connectivity index (χ0v) is 22.9. The minimum Gasteiger partial charge on any atom is -0.457 e. The monoisotopic (exact) mass is 585 g/mol. The van der Waals surface area contributed by atoms with Crippen LogP contribution in [0.2, 0.25) is 0 Å². The lowest BCUT2D eigenvalue weighted by Gasteiger charge is -2.44. The van der Waals surface area contributed by atoms with Crippen molar-refractivity contribution in [2.75, 3.05) is 19.0 Å². The van der Waals surface area contributed by atoms with Crippen molar-refractivity contribution in [1.82, 2.24) is 5.32 Å². The van der Waals surface area contributed by atoms with Crippen LogP contribution in [0.25, 0.3) is 0 Å². The quantitative estimate of drug-likeness (QED) is 0.278. The highest BCUT2D eigenvalue weighted by Gasteiger charge is 2.48. The van der Waals surface area contributed by atoms with Crippen LogP contribution in [0.1, 0.15) is 32.3 Å². The molecule has 1 amide bonds. The van der Waals surface area contributed by atoms with Crippen LogP contribution >= 0.6 is 46.6 Å². The Kier molecular flexibility index (Phi) is 13.1. The van der Waals surface area contributed by atoms with Gasteiger partial charge in [-0.1, -0.05) is 72.1 Å². The highest BCUT2D eigenvalue weighted by atomic mass is 35.6. The number of ketones is 1. The van der Waals surface area contributed by atoms with E-state index in [2.05, 4.69) is 5.32 Å². The van der Waals surface area contributed by atoms with Crippen molar-refractivity contribution in [3.63, 3.8) is 0 Å². The van der Waals surface area contributed by atoms with Gasteiger partial charge in [-0.05, 0) is 18.2 Å². The number of halogens is 3. The van der Waals surface area contributed by atoms with Crippen LogP contribution in [0, 0.1) is 0 Å². The fourth-order valence-electron chi connectivity index (χ4n) is 3.34. The molecule has 0 unspecified atom stereocenters. The lowest BCUT2D eigenvalue weighted by molar-refractivity contribution is -0.202. The Bertz CT molecular complexity index is 858. The van der Waals surface area contributed by atoms with E-state index in [1.807, 2.05) is 37.3 Å². The maximum Gasteiger partial charge on any atom is 0.407 e. The third-order valence-electron chi connectivity index (χ3n) is 5.00. The van der Waals surface area contributed by atoms with Gasteiger partial charge in [0.1, 0.15) is 30.0 Å². The summed E-state index contributed by atoms with van der Waals surface area (Å²) in [5.74, 6) is -0.268. The Hall–Kier alpha value is -1.27. The number of Topliss-reactive ketones (excluding diaryl/α,β-unsaturated/α-hetero) is 1. The summed E-state index contributed by atoms with van der Waals surface area (Å²) in [6, 6.07) is 8.42. The number of aliphatic hydroxyl groups is 1. The number of hydrogen-bond donors (Lipinski definition) is 2. The molecule has 1 aromatic rings. The van der Waals surface area contributed by atoms with Crippen LogP contribution in [0.15, 0.2) is 30.3 Å². The number of rotatable bonds is 12. The lowest BCUT2D eigenvalue weighted by Crippen LogP contribution is -2.64. The van der Waals surface area contributed by atoms with Gasteiger partial charge in [-0.3, -0.25) is 4.79 Å². The van der Waals surface area contributed by atoms with Gasteiger partial charge in [0.25, 0.3) is 0 Å². The summed E-state index contributed by atoms with van der Waals surface area (Å²) < 4.78 is 20.5. The first-order valence-corrected chi connectivity index (χ1v) is 13.4. The molecule has 1 aliphatic rings. The number of amides is 1. The molecule has 36 heavy (non-hydrogen) atoms. The molecule has 0 bridgehead atoms. The van der Waals surface area contributed by atoms with Gasteiger partial charge in [-0.2, -0.15) is 0 Å². The van der Waals surface area contributed by atoms with Crippen molar-refractivity contribution < 1.29 is 38.4 Å². The molecule has 13 heteroatoms. The van der Waals surface area contributed by atoms with Gasteiger partial charge in [-0.25, -0.2) is 4.79 Å². The summed E-state index contributed by atoms with van der Waals surface area (Å²) in [6.07, 6.45) is -4.52. The first-order valence-electron chi connectivity index (χ1n) is 11.3. The lowest BCUT2D eigenvalue weighted by atomic mass is 9.97. The van der Waals surface area contributed by atoms with E-state index in [4.69, 9.17) is 53.8 Å². The topological polar surface area (TPSA) is 120 Å². The second-order valence-electron chi connectivity index (χ2n) is 8.01. The summed E-state index contributed by atoms with van der Waals surface area (Å²) >= 11 is 18.2. The minimum absolute atomic E-state index is 0.00180. The average Bonchev–Trinajstić information content (AvgIpc) is 2.81. The van der Waals surface area contributed by atoms with Crippen molar-refractivity contribution >= 4 is 64.4 Å². The predicted molar refractivity (Wildman–Crippen MR) is 137 cm³/mol. The molecule has 2 N–H and O–H groups in total. The molecular formula is C23H30Cl3NO8S. The van der Waals surface area contributed by atoms with Crippen LogP contribution in [0.3, 0.4) is 0 Å². The number of aliphatic hydroxyl groups excluding tert-OH is 1. The zero-order chi connectivity index (χ0) is 26.7. The molecule has 1 aliphatic heterocycles. The van der Waals surface area contributed by atoms with Crippen molar-refractivity contribution in [3.8, 4) is 0 Å². The summed E-state index contributed by atoms with van der Waals surface area (Å²) in [7, 11) is 0. The van der Waals surface area contributed by atoms with E-state index < -0.39 is 52.3 Å². The number of carbonyl (C=O) groups excluding carboxylic acids is 3. The summed E-state index contributed by atoms with van der Waals surface area (Å²) in [5, 5.41) is 13.7. The largest absolute Gasteiger partial charge is 0.457 e. The van der Waals surface area contributed by atoms with E-state index in [9.17, 15) is 19.5 Å². The molecule has 1 heterocycles. The van der Waals surface area contributed by atoms with E-state index in [0.717, 1.165) is 5.56 Å². The summed E-state index contributed by atoms with van der Waals surface area (Å²) in [6.45, 7) is 3.01. The third kappa shape index (κ3) is 11.0. The maximum absolute atomic E-state index is 12.4. The van der Waals surface area contributed by atoms with Crippen molar-refractivity contribution in [1.29, 1.82) is 0 Å². The predicted octanol–water partition coefficient (Wildman–Crippen LogP) is 3.79. The molecule has 1 aromatic carbocycles. The maximum atomic E-state index is 12.4. The number of nitrogens with one attached hydrogen (secondary N) is 1. The molecule has 0 aromatic heterocycles. The Morgan fingerprint density at radius 2 is 1.86 bits per heavy atom. The molecule has 9 nitrogen and oxygen atoms in total. The van der Waals surface area contributed by atoms with Gasteiger partial charge in [-0.15, -0.1) is 11.8 Å². The molecule has 0 aliphatic carbocycles. The van der Waals surface area contributed by atoms with E-state index >= 15 is 0 Å². The molecule has 0 saturated carbocycles. The molecule has 0 radical (unpaired) electrons. The van der Waals surface area contributed by atoms with Crippen LogP contribution < -0.4 is 5.32 Å². The van der Waals surface area contributed by atoms with Crippen LogP contribution in [-0.4, -0.2) is 75.5 Å². The smallest absolute Gasteiger partial charge is 0.407 e. The van der Waals surface area contributed by atoms with Gasteiger partial charge in [0.05, 0.1) is 25.7 Å². The van der Waals surface area contributed by atoms with Crippen LogP contribution in [0.4, 0.5) is 4.79 Å². The molecule has 1 saturated heterocycles. The standard InChI is InChI=1S/C23H30Cl3NO8S/c1-3-36-21-18(27-22(31)33-13-23(24,25)26)19(30)20(35-17(29)10-9-14(2)28)16(34-21)12-32-11-15-7-5-4-6-8-15/h4-8,16,18-21,30H,3,9-13H2,1-2H3,(H,27,31)/t16-,18-,19-,20-,21-/m1/s1. The first-order chi connectivity index (χ1) is 17.0. The normalized spacial score (nSPS) is 24.1. The fraction of sp³-hybridized carbons (Fsp3) is 0.609. The van der Waals surface area contributed by atoms with E-state index in [0.29, 0.717) is 5.75 Å². The number of ether oxygens (including phenoxy) is 4. The average molecular weight is 587 g/mol.